The largest absolute Gasteiger partial charge is 0.497 e. The monoisotopic (exact) mass is 642 g/mol. The molecule has 6 rings (SSSR count). The highest BCUT2D eigenvalue weighted by Gasteiger charge is 2.60. The summed E-state index contributed by atoms with van der Waals surface area (Å²) in [5, 5.41) is 2.56. The number of carbonyl (C=O) groups excluding carboxylic acids is 2. The van der Waals surface area contributed by atoms with Crippen LogP contribution in [0.4, 0.5) is 18.9 Å². The van der Waals surface area contributed by atoms with Crippen LogP contribution < -0.4 is 14.4 Å². The van der Waals surface area contributed by atoms with E-state index in [1.807, 2.05) is 0 Å². The van der Waals surface area contributed by atoms with E-state index in [-0.39, 0.29) is 28.0 Å². The number of nitrogens with one attached hydrogen (secondary N) is 1. The summed E-state index contributed by atoms with van der Waals surface area (Å²) in [5.74, 6) is -0.182. The van der Waals surface area contributed by atoms with Gasteiger partial charge in [0.2, 0.25) is 5.91 Å². The molecule has 1 saturated carbocycles. The van der Waals surface area contributed by atoms with Crippen molar-refractivity contribution in [2.24, 2.45) is 5.92 Å². The number of halogens is 3. The standard InChI is InChI=1S/C32H33F3N4O5S/c1-20(40)38-15-12-31(13-16-38)26-17-22(30(41)37-19-27-25(32(33,34)35)7-4-14-36-27)10-11-28(26)39(29(31)21-8-9-21)45(42,43)24-6-3-5-23(18-24)44-2/h3-7,10-11,14,17-18,21,29H,8-9,12-13,15-16,19H2,1-2H3,(H,37,41). The topological polar surface area (TPSA) is 109 Å². The molecule has 3 aromatic rings. The third-order valence-electron chi connectivity index (χ3n) is 9.23. The summed E-state index contributed by atoms with van der Waals surface area (Å²) in [6.07, 6.45) is -0.700. The molecule has 0 radical (unpaired) electrons. The first-order chi connectivity index (χ1) is 21.4. The molecule has 2 amide bonds. The van der Waals surface area contributed by atoms with E-state index in [0.717, 1.165) is 18.9 Å². The molecular weight excluding hydrogens is 609 g/mol. The predicted molar refractivity (Wildman–Crippen MR) is 159 cm³/mol. The van der Waals surface area contributed by atoms with Crippen LogP contribution in [-0.2, 0) is 33.0 Å². The van der Waals surface area contributed by atoms with Gasteiger partial charge in [-0.1, -0.05) is 6.07 Å². The number of methoxy groups -OCH3 is 1. The van der Waals surface area contributed by atoms with Crippen LogP contribution in [0.1, 0.15) is 59.8 Å². The number of rotatable bonds is 7. The molecule has 1 saturated heterocycles. The number of piperidine rings is 1. The van der Waals surface area contributed by atoms with E-state index in [4.69, 9.17) is 4.74 Å². The molecule has 45 heavy (non-hydrogen) atoms. The smallest absolute Gasteiger partial charge is 0.418 e. The van der Waals surface area contributed by atoms with Crippen molar-refractivity contribution >= 4 is 27.5 Å². The molecule has 2 fully saturated rings. The van der Waals surface area contributed by atoms with Crippen LogP contribution in [0.2, 0.25) is 0 Å². The number of hydrogen-bond donors (Lipinski definition) is 1. The first-order valence-electron chi connectivity index (χ1n) is 14.7. The zero-order valence-corrected chi connectivity index (χ0v) is 25.6. The average Bonchev–Trinajstić information content (AvgIpc) is 3.83. The SMILES string of the molecule is COc1cccc(S(=O)(=O)N2c3ccc(C(=O)NCc4ncccc4C(F)(F)F)cc3C3(CCN(C(C)=O)CC3)C2C2CC2)c1. The number of aromatic nitrogens is 1. The maximum Gasteiger partial charge on any atom is 0.418 e. The molecule has 3 aliphatic rings. The average molecular weight is 643 g/mol. The molecule has 2 aliphatic heterocycles. The van der Waals surface area contributed by atoms with Crippen molar-refractivity contribution in [1.29, 1.82) is 0 Å². The van der Waals surface area contributed by atoms with Crippen molar-refractivity contribution in [3.63, 3.8) is 0 Å². The Labute approximate surface area is 259 Å². The van der Waals surface area contributed by atoms with Crippen LogP contribution in [0.5, 0.6) is 5.75 Å². The quantitative estimate of drug-likeness (QED) is 0.393. The van der Waals surface area contributed by atoms with E-state index >= 15 is 0 Å². The van der Waals surface area contributed by atoms with Crippen LogP contribution >= 0.6 is 0 Å². The summed E-state index contributed by atoms with van der Waals surface area (Å²) in [6.45, 7) is 1.93. The number of sulfonamides is 1. The van der Waals surface area contributed by atoms with Gasteiger partial charge in [-0.05, 0) is 79.6 Å². The fourth-order valence-corrected chi connectivity index (χ4v) is 8.73. The summed E-state index contributed by atoms with van der Waals surface area (Å²) in [6, 6.07) is 12.8. The Kier molecular flexibility index (Phi) is 7.78. The van der Waals surface area contributed by atoms with Crippen molar-refractivity contribution in [3.8, 4) is 5.75 Å². The third-order valence-corrected chi connectivity index (χ3v) is 11.0. The lowest BCUT2D eigenvalue weighted by molar-refractivity contribution is -0.138. The van der Waals surface area contributed by atoms with Gasteiger partial charge in [0.25, 0.3) is 15.9 Å². The van der Waals surface area contributed by atoms with Crippen LogP contribution in [0.3, 0.4) is 0 Å². The van der Waals surface area contributed by atoms with Gasteiger partial charge in [0, 0.05) is 43.3 Å². The first kappa shape index (κ1) is 30.9. The minimum Gasteiger partial charge on any atom is -0.497 e. The predicted octanol–water partition coefficient (Wildman–Crippen LogP) is 4.91. The Balaban J connectivity index is 1.40. The van der Waals surface area contributed by atoms with Gasteiger partial charge >= 0.3 is 6.18 Å². The molecule has 2 aromatic carbocycles. The number of anilines is 1. The minimum atomic E-state index is -4.63. The molecule has 13 heteroatoms. The van der Waals surface area contributed by atoms with Gasteiger partial charge in [-0.25, -0.2) is 8.42 Å². The second-order valence-electron chi connectivity index (χ2n) is 11.8. The molecule has 238 valence electrons. The molecule has 1 aliphatic carbocycles. The Hall–Kier alpha value is -4.13. The Bertz CT molecular complexity index is 1750. The first-order valence-corrected chi connectivity index (χ1v) is 16.2. The Morgan fingerprint density at radius 3 is 2.44 bits per heavy atom. The number of fused-ring (bicyclic) bond motifs is 2. The normalized spacial score (nSPS) is 19.4. The second kappa shape index (κ2) is 11.3. The zero-order chi connectivity index (χ0) is 32.1. The van der Waals surface area contributed by atoms with Crippen molar-refractivity contribution < 1.29 is 35.9 Å². The molecule has 1 N–H and O–H groups in total. The van der Waals surface area contributed by atoms with Crippen LogP contribution in [0, 0.1) is 5.92 Å². The lowest BCUT2D eigenvalue weighted by atomic mass is 9.68. The lowest BCUT2D eigenvalue weighted by Gasteiger charge is -2.45. The van der Waals surface area contributed by atoms with Crippen molar-refractivity contribution in [1.82, 2.24) is 15.2 Å². The van der Waals surface area contributed by atoms with Gasteiger partial charge in [-0.3, -0.25) is 18.9 Å². The molecule has 1 spiro atoms. The fourth-order valence-electron chi connectivity index (χ4n) is 6.90. The zero-order valence-electron chi connectivity index (χ0n) is 24.8. The maximum absolute atomic E-state index is 14.4. The van der Waals surface area contributed by atoms with Gasteiger partial charge < -0.3 is 15.0 Å². The number of ether oxygens (including phenoxy) is 1. The highest BCUT2D eigenvalue weighted by Crippen LogP contribution is 2.59. The number of hydrogen-bond acceptors (Lipinski definition) is 6. The second-order valence-corrected chi connectivity index (χ2v) is 13.6. The van der Waals surface area contributed by atoms with Crippen molar-refractivity contribution in [3.05, 3.63) is 83.2 Å². The maximum atomic E-state index is 14.4. The molecule has 0 bridgehead atoms. The summed E-state index contributed by atoms with van der Waals surface area (Å²) in [4.78, 5) is 31.3. The minimum absolute atomic E-state index is 0.0622. The molecule has 9 nitrogen and oxygen atoms in total. The number of amides is 2. The Morgan fingerprint density at radius 2 is 1.80 bits per heavy atom. The van der Waals surface area contributed by atoms with E-state index in [2.05, 4.69) is 10.3 Å². The van der Waals surface area contributed by atoms with Crippen LogP contribution in [0.25, 0.3) is 0 Å². The number of carbonyl (C=O) groups is 2. The summed E-state index contributed by atoms with van der Waals surface area (Å²) in [5.41, 5.74) is -0.559. The molecule has 1 aromatic heterocycles. The fraction of sp³-hybridized carbons (Fsp3) is 0.406. The van der Waals surface area contributed by atoms with Gasteiger partial charge in [-0.2, -0.15) is 13.2 Å². The van der Waals surface area contributed by atoms with Gasteiger partial charge in [0.1, 0.15) is 5.75 Å². The number of alkyl halides is 3. The summed E-state index contributed by atoms with van der Waals surface area (Å²) in [7, 11) is -2.62. The summed E-state index contributed by atoms with van der Waals surface area (Å²) < 4.78 is 76.1. The van der Waals surface area contributed by atoms with Crippen molar-refractivity contribution in [2.75, 3.05) is 24.5 Å². The summed E-state index contributed by atoms with van der Waals surface area (Å²) >= 11 is 0. The third kappa shape index (κ3) is 5.51. The van der Waals surface area contributed by atoms with E-state index in [1.165, 1.54) is 48.8 Å². The number of nitrogens with zero attached hydrogens (tertiary/aromatic N) is 3. The van der Waals surface area contributed by atoms with E-state index in [1.54, 1.807) is 29.2 Å². The van der Waals surface area contributed by atoms with Gasteiger partial charge in [-0.15, -0.1) is 0 Å². The highest BCUT2D eigenvalue weighted by atomic mass is 32.2. The number of pyridine rings is 1. The van der Waals surface area contributed by atoms with Gasteiger partial charge in [0.05, 0.1) is 41.5 Å². The van der Waals surface area contributed by atoms with Crippen LogP contribution in [0.15, 0.2) is 65.7 Å². The highest BCUT2D eigenvalue weighted by molar-refractivity contribution is 7.93. The van der Waals surface area contributed by atoms with E-state index in [9.17, 15) is 31.2 Å². The molecule has 1 unspecified atom stereocenters. The van der Waals surface area contributed by atoms with Gasteiger partial charge in [0.15, 0.2) is 0 Å². The molecule has 3 heterocycles. The van der Waals surface area contributed by atoms with E-state index in [0.29, 0.717) is 42.9 Å². The lowest BCUT2D eigenvalue weighted by Crippen LogP contribution is -2.54. The van der Waals surface area contributed by atoms with Crippen molar-refractivity contribution in [2.45, 2.75) is 61.7 Å². The Morgan fingerprint density at radius 1 is 1.07 bits per heavy atom. The molecule has 1 atom stereocenters. The number of likely N-dealkylation sites (tertiary alicyclic amines) is 1. The van der Waals surface area contributed by atoms with Crippen LogP contribution in [-0.4, -0.2) is 56.4 Å². The number of benzene rings is 2. The van der Waals surface area contributed by atoms with E-state index < -0.39 is 45.7 Å². The molecular formula is C32H33F3N4O5S.